The third kappa shape index (κ3) is 6.11. The predicted octanol–water partition coefficient (Wildman–Crippen LogP) is 3.62. The van der Waals surface area contributed by atoms with Crippen LogP contribution in [0.15, 0.2) is 29.2 Å². The highest BCUT2D eigenvalue weighted by Crippen LogP contribution is 2.34. The van der Waals surface area contributed by atoms with Crippen LogP contribution in [0.2, 0.25) is 5.02 Å². The number of aromatic nitrogens is 3. The van der Waals surface area contributed by atoms with E-state index in [2.05, 4.69) is 20.6 Å². The number of rotatable bonds is 6. The minimum Gasteiger partial charge on any atom is -0.364 e. The van der Waals surface area contributed by atoms with Crippen molar-refractivity contribution in [2.24, 2.45) is 0 Å². The lowest BCUT2D eigenvalue weighted by molar-refractivity contribution is -0.137. The fraction of sp³-hybridized carbons (Fsp3) is 0.423. The number of hydrogen-bond acceptors (Lipinski definition) is 7. The zero-order valence-corrected chi connectivity index (χ0v) is 23.6. The lowest BCUT2D eigenvalue weighted by atomic mass is 10.1. The summed E-state index contributed by atoms with van der Waals surface area (Å²) in [5.74, 6) is -0.405. The van der Waals surface area contributed by atoms with Crippen LogP contribution in [0.4, 0.5) is 30.4 Å². The number of nitrogens with zero attached hydrogens (tertiary/aromatic N) is 5. The maximum atomic E-state index is 13.9. The van der Waals surface area contributed by atoms with E-state index in [0.717, 1.165) is 18.2 Å². The smallest absolute Gasteiger partial charge is 0.364 e. The van der Waals surface area contributed by atoms with E-state index in [1.54, 1.807) is 4.57 Å². The standard InChI is InChI=1S/C26H27ClF3N7O3.ClH/c1-2-18-23(35-10-7-31-8-11-35)24(40)22-25(32-13-19(34-22)36-9-3-4-21(36)39)37(18)14-20(38)33-17-6-5-15(12-16(17)27)26(28,29)30;/h5-6,12-13,31H,2-4,7-11,14H2,1H3,(H,33,38);1H. The van der Waals surface area contributed by atoms with Gasteiger partial charge < -0.3 is 20.1 Å². The van der Waals surface area contributed by atoms with Crippen LogP contribution in [0, 0.1) is 0 Å². The molecule has 0 aliphatic carbocycles. The Kier molecular flexibility index (Phi) is 9.10. The van der Waals surface area contributed by atoms with Gasteiger partial charge in [-0.2, -0.15) is 13.2 Å². The summed E-state index contributed by atoms with van der Waals surface area (Å²) in [6, 6.07) is 2.68. The third-order valence-electron chi connectivity index (χ3n) is 7.02. The quantitative estimate of drug-likeness (QED) is 0.437. The van der Waals surface area contributed by atoms with Crippen LogP contribution in [0.3, 0.4) is 0 Å². The Hall–Kier alpha value is -3.42. The molecule has 2 saturated heterocycles. The van der Waals surface area contributed by atoms with Crippen molar-refractivity contribution >= 4 is 64.2 Å². The van der Waals surface area contributed by atoms with Gasteiger partial charge in [-0.25, -0.2) is 9.97 Å². The average molecular weight is 614 g/mol. The van der Waals surface area contributed by atoms with E-state index in [9.17, 15) is 27.6 Å². The van der Waals surface area contributed by atoms with Gasteiger partial charge in [-0.1, -0.05) is 18.5 Å². The van der Waals surface area contributed by atoms with Crippen molar-refractivity contribution in [1.82, 2.24) is 19.9 Å². The molecule has 10 nitrogen and oxygen atoms in total. The molecule has 2 fully saturated rings. The van der Waals surface area contributed by atoms with E-state index in [1.807, 2.05) is 11.8 Å². The molecule has 1 aromatic carbocycles. The van der Waals surface area contributed by atoms with Gasteiger partial charge in [0.2, 0.25) is 17.2 Å². The van der Waals surface area contributed by atoms with Gasteiger partial charge >= 0.3 is 6.18 Å². The van der Waals surface area contributed by atoms with Crippen LogP contribution in [0.5, 0.6) is 0 Å². The molecular formula is C26H28Cl2F3N7O3. The van der Waals surface area contributed by atoms with Gasteiger partial charge in [-0.3, -0.25) is 19.3 Å². The van der Waals surface area contributed by atoms with Crippen LogP contribution in [-0.4, -0.2) is 59.1 Å². The molecule has 41 heavy (non-hydrogen) atoms. The Balaban J connectivity index is 0.00000387. The molecule has 0 radical (unpaired) electrons. The second-order valence-electron chi connectivity index (χ2n) is 9.59. The van der Waals surface area contributed by atoms with E-state index in [4.69, 9.17) is 11.6 Å². The number of nitrogens with one attached hydrogen (secondary N) is 2. The van der Waals surface area contributed by atoms with Crippen molar-refractivity contribution in [3.63, 3.8) is 0 Å². The van der Waals surface area contributed by atoms with E-state index < -0.39 is 17.6 Å². The number of amides is 2. The van der Waals surface area contributed by atoms with Crippen LogP contribution < -0.4 is 25.9 Å². The molecule has 15 heteroatoms. The third-order valence-corrected chi connectivity index (χ3v) is 7.33. The Morgan fingerprint density at radius 2 is 1.90 bits per heavy atom. The molecule has 0 atom stereocenters. The molecule has 0 unspecified atom stereocenters. The molecule has 0 saturated carbocycles. The molecule has 0 bridgehead atoms. The average Bonchev–Trinajstić information content (AvgIpc) is 3.36. The molecule has 2 amide bonds. The first kappa shape index (κ1) is 30.5. The zero-order chi connectivity index (χ0) is 28.6. The molecule has 2 aromatic heterocycles. The Morgan fingerprint density at radius 1 is 1.17 bits per heavy atom. The second kappa shape index (κ2) is 12.2. The number of pyridine rings is 1. The van der Waals surface area contributed by atoms with Crippen molar-refractivity contribution in [3.05, 3.63) is 50.9 Å². The number of fused-ring (bicyclic) bond motifs is 1. The minimum absolute atomic E-state index is 0. The van der Waals surface area contributed by atoms with E-state index in [-0.39, 0.29) is 58.0 Å². The van der Waals surface area contributed by atoms with Crippen LogP contribution in [0.1, 0.15) is 31.0 Å². The molecular weight excluding hydrogens is 586 g/mol. The first-order chi connectivity index (χ1) is 19.1. The van der Waals surface area contributed by atoms with E-state index in [0.29, 0.717) is 63.4 Å². The van der Waals surface area contributed by atoms with Crippen LogP contribution in [0.25, 0.3) is 11.2 Å². The van der Waals surface area contributed by atoms with Gasteiger partial charge in [0, 0.05) is 44.8 Å². The maximum Gasteiger partial charge on any atom is 0.416 e. The summed E-state index contributed by atoms with van der Waals surface area (Å²) >= 11 is 6.05. The summed E-state index contributed by atoms with van der Waals surface area (Å²) < 4.78 is 40.7. The number of piperazine rings is 1. The zero-order valence-electron chi connectivity index (χ0n) is 22.1. The summed E-state index contributed by atoms with van der Waals surface area (Å²) in [6.07, 6.45) is -1.70. The van der Waals surface area contributed by atoms with Gasteiger partial charge in [-0.05, 0) is 31.0 Å². The molecule has 4 heterocycles. The molecule has 2 N–H and O–H groups in total. The highest BCUT2D eigenvalue weighted by atomic mass is 35.5. The van der Waals surface area contributed by atoms with Crippen molar-refractivity contribution in [2.45, 2.75) is 38.9 Å². The largest absolute Gasteiger partial charge is 0.416 e. The van der Waals surface area contributed by atoms with E-state index in [1.165, 1.54) is 11.1 Å². The van der Waals surface area contributed by atoms with Crippen LogP contribution in [-0.2, 0) is 28.7 Å². The SMILES string of the molecule is CCc1c(N2CCNCC2)c(=O)c2nc(N3CCCC3=O)cnc2n1CC(=O)Nc1ccc(C(F)(F)F)cc1Cl.Cl. The number of anilines is 3. The topological polar surface area (TPSA) is 112 Å². The minimum atomic E-state index is -4.57. The second-order valence-corrected chi connectivity index (χ2v) is 10.00. The van der Waals surface area contributed by atoms with Gasteiger partial charge in [0.1, 0.15) is 12.2 Å². The maximum absolute atomic E-state index is 13.9. The first-order valence-corrected chi connectivity index (χ1v) is 13.3. The highest BCUT2D eigenvalue weighted by molar-refractivity contribution is 6.33. The van der Waals surface area contributed by atoms with Gasteiger partial charge in [0.15, 0.2) is 17.0 Å². The predicted molar refractivity (Wildman–Crippen MR) is 152 cm³/mol. The monoisotopic (exact) mass is 613 g/mol. The fourth-order valence-electron chi connectivity index (χ4n) is 5.11. The van der Waals surface area contributed by atoms with Crippen LogP contribution >= 0.6 is 24.0 Å². The lowest BCUT2D eigenvalue weighted by Crippen LogP contribution is -2.46. The number of carbonyl (C=O) groups is 2. The summed E-state index contributed by atoms with van der Waals surface area (Å²) in [4.78, 5) is 51.9. The highest BCUT2D eigenvalue weighted by Gasteiger charge is 2.31. The van der Waals surface area contributed by atoms with Crippen molar-refractivity contribution < 1.29 is 22.8 Å². The van der Waals surface area contributed by atoms with Gasteiger partial charge in [0.25, 0.3) is 0 Å². The Morgan fingerprint density at radius 3 is 2.51 bits per heavy atom. The lowest BCUT2D eigenvalue weighted by Gasteiger charge is -2.32. The van der Waals surface area contributed by atoms with E-state index >= 15 is 0 Å². The fourth-order valence-corrected chi connectivity index (χ4v) is 5.34. The molecule has 2 aliphatic heterocycles. The molecule has 220 valence electrons. The molecule has 2 aliphatic rings. The van der Waals surface area contributed by atoms with Crippen molar-refractivity contribution in [2.75, 3.05) is 47.8 Å². The molecule has 0 spiro atoms. The van der Waals surface area contributed by atoms with Gasteiger partial charge in [-0.15, -0.1) is 12.4 Å². The van der Waals surface area contributed by atoms with Gasteiger partial charge in [0.05, 0.1) is 22.5 Å². The van der Waals surface area contributed by atoms with Crippen molar-refractivity contribution in [1.29, 1.82) is 0 Å². The summed E-state index contributed by atoms with van der Waals surface area (Å²) in [5, 5.41) is 5.56. The number of carbonyl (C=O) groups excluding carboxylic acids is 2. The van der Waals surface area contributed by atoms with Crippen molar-refractivity contribution in [3.8, 4) is 0 Å². The number of alkyl halides is 3. The number of hydrogen-bond donors (Lipinski definition) is 2. The Labute approximate surface area is 244 Å². The first-order valence-electron chi connectivity index (χ1n) is 12.9. The normalized spacial score (nSPS) is 15.8. The molecule has 3 aromatic rings. The summed E-state index contributed by atoms with van der Waals surface area (Å²) in [6.45, 7) is 4.51. The Bertz CT molecular complexity index is 1540. The summed E-state index contributed by atoms with van der Waals surface area (Å²) in [5.41, 5.74) is -0.0570. The number of halogens is 5. The number of benzene rings is 1. The molecule has 5 rings (SSSR count). The summed E-state index contributed by atoms with van der Waals surface area (Å²) in [7, 11) is 0.